The average Bonchev–Trinajstić information content (AvgIpc) is 1.87. The van der Waals surface area contributed by atoms with Gasteiger partial charge in [0.1, 0.15) is 0 Å². The summed E-state index contributed by atoms with van der Waals surface area (Å²) in [5.41, 5.74) is 0. The van der Waals surface area contributed by atoms with Crippen LogP contribution in [0.3, 0.4) is 0 Å². The Labute approximate surface area is 54.3 Å². The molecule has 2 nitrogen and oxygen atoms in total. The van der Waals surface area contributed by atoms with Crippen LogP contribution in [0, 0.1) is 4.77 Å². The van der Waals surface area contributed by atoms with Gasteiger partial charge in [-0.3, -0.25) is 4.37 Å². The minimum atomic E-state index is 0.454. The van der Waals surface area contributed by atoms with E-state index >= 15 is 0 Å². The third kappa shape index (κ3) is 1.22. The van der Waals surface area contributed by atoms with Crippen molar-refractivity contribution < 1.29 is 0 Å². The van der Waals surface area contributed by atoms with Crippen LogP contribution in [-0.2, 0) is 0 Å². The lowest BCUT2D eigenvalue weighted by Crippen LogP contribution is -1.56. The third-order valence-electron chi connectivity index (χ3n) is 0.412. The first-order valence-electron chi connectivity index (χ1n) is 1.50. The molecule has 0 spiro atoms. The molecule has 1 rings (SSSR count). The standard InChI is InChI=1S/C2HClN2S2/c3-1-4-2(6)5-7-1/h(H,5,6). The Kier molecular flexibility index (Phi) is 1.41. The maximum atomic E-state index is 5.37. The van der Waals surface area contributed by atoms with Gasteiger partial charge in [0.05, 0.1) is 0 Å². The number of rotatable bonds is 0. The molecule has 1 aromatic rings. The fraction of sp³-hybridized carbons (Fsp3) is 0. The predicted octanol–water partition coefficient (Wildman–Crippen LogP) is 1.85. The van der Waals surface area contributed by atoms with Gasteiger partial charge in [0.15, 0.2) is 0 Å². The number of aromatic nitrogens is 2. The van der Waals surface area contributed by atoms with Gasteiger partial charge in [0.25, 0.3) is 0 Å². The van der Waals surface area contributed by atoms with Crippen molar-refractivity contribution >= 4 is 35.4 Å². The molecule has 0 amide bonds. The van der Waals surface area contributed by atoms with E-state index in [2.05, 4.69) is 21.6 Å². The van der Waals surface area contributed by atoms with E-state index < -0.39 is 0 Å². The summed E-state index contributed by atoms with van der Waals surface area (Å²) in [4.78, 5) is 3.65. The highest BCUT2D eigenvalue weighted by molar-refractivity contribution is 7.71. The van der Waals surface area contributed by atoms with Crippen LogP contribution in [0.4, 0.5) is 0 Å². The normalized spacial score (nSPS) is 9.29. The number of hydrogen-bond acceptors (Lipinski definition) is 3. The molecule has 0 unspecified atom stereocenters. The first-order chi connectivity index (χ1) is 3.29. The SMILES string of the molecule is S=c1nc(Cl)s[nH]1. The Morgan fingerprint density at radius 1 is 1.86 bits per heavy atom. The first-order valence-corrected chi connectivity index (χ1v) is 3.10. The smallest absolute Gasteiger partial charge is 0.208 e. The van der Waals surface area contributed by atoms with Gasteiger partial charge in [-0.2, -0.15) is 4.98 Å². The molecule has 0 fully saturated rings. The minimum Gasteiger partial charge on any atom is -0.284 e. The lowest BCUT2D eigenvalue weighted by molar-refractivity contribution is 1.29. The summed E-state index contributed by atoms with van der Waals surface area (Å²) in [6.07, 6.45) is 0. The van der Waals surface area contributed by atoms with Gasteiger partial charge in [0, 0.05) is 0 Å². The molecular formula is C2HClN2S2. The predicted molar refractivity (Wildman–Crippen MR) is 32.3 cm³/mol. The molecule has 38 valence electrons. The van der Waals surface area contributed by atoms with E-state index in [1.165, 1.54) is 11.5 Å². The van der Waals surface area contributed by atoms with E-state index in [4.69, 9.17) is 11.6 Å². The van der Waals surface area contributed by atoms with Crippen LogP contribution >= 0.6 is 35.4 Å². The molecule has 0 aromatic carbocycles. The van der Waals surface area contributed by atoms with Crippen molar-refractivity contribution in [1.29, 1.82) is 0 Å². The van der Waals surface area contributed by atoms with Gasteiger partial charge in [0.2, 0.25) is 9.24 Å². The molecule has 0 radical (unpaired) electrons. The number of nitrogens with one attached hydrogen (secondary N) is 1. The highest BCUT2D eigenvalue weighted by Crippen LogP contribution is 2.06. The van der Waals surface area contributed by atoms with Gasteiger partial charge in [-0.15, -0.1) is 0 Å². The van der Waals surface area contributed by atoms with Crippen molar-refractivity contribution in [3.05, 3.63) is 9.24 Å². The van der Waals surface area contributed by atoms with E-state index in [9.17, 15) is 0 Å². The van der Waals surface area contributed by atoms with Crippen LogP contribution < -0.4 is 0 Å². The molecule has 0 saturated heterocycles. The summed E-state index contributed by atoms with van der Waals surface area (Å²) in [7, 11) is 0. The van der Waals surface area contributed by atoms with E-state index in [0.29, 0.717) is 9.24 Å². The quantitative estimate of drug-likeness (QED) is 0.575. The molecule has 0 atom stereocenters. The average molecular weight is 153 g/mol. The first kappa shape index (κ1) is 5.21. The van der Waals surface area contributed by atoms with E-state index in [1.807, 2.05) is 0 Å². The lowest BCUT2D eigenvalue weighted by Gasteiger charge is -1.59. The minimum absolute atomic E-state index is 0.454. The van der Waals surface area contributed by atoms with Gasteiger partial charge < -0.3 is 0 Å². The van der Waals surface area contributed by atoms with E-state index in [-0.39, 0.29) is 0 Å². The van der Waals surface area contributed by atoms with Crippen LogP contribution in [0.15, 0.2) is 0 Å². The second-order valence-electron chi connectivity index (χ2n) is 0.874. The topological polar surface area (TPSA) is 28.7 Å². The zero-order valence-corrected chi connectivity index (χ0v) is 5.53. The van der Waals surface area contributed by atoms with Gasteiger partial charge in [-0.1, -0.05) is 0 Å². The summed E-state index contributed by atoms with van der Waals surface area (Å²) in [6.45, 7) is 0. The highest BCUT2D eigenvalue weighted by Gasteiger charge is 1.85. The van der Waals surface area contributed by atoms with Crippen molar-refractivity contribution in [3.8, 4) is 0 Å². The van der Waals surface area contributed by atoms with Crippen LogP contribution in [0.2, 0.25) is 4.47 Å². The monoisotopic (exact) mass is 152 g/mol. The Morgan fingerprint density at radius 2 is 2.57 bits per heavy atom. The van der Waals surface area contributed by atoms with E-state index in [0.717, 1.165) is 0 Å². The fourth-order valence-corrected chi connectivity index (χ4v) is 1.09. The largest absolute Gasteiger partial charge is 0.284 e. The zero-order chi connectivity index (χ0) is 5.28. The fourth-order valence-electron chi connectivity index (χ4n) is 0.211. The zero-order valence-electron chi connectivity index (χ0n) is 3.14. The second kappa shape index (κ2) is 1.90. The molecule has 0 aliphatic rings. The number of aromatic amines is 1. The van der Waals surface area contributed by atoms with Crippen molar-refractivity contribution in [3.63, 3.8) is 0 Å². The summed E-state index contributed by atoms with van der Waals surface area (Å²) < 4.78 is 3.60. The molecule has 1 heterocycles. The Hall–Kier alpha value is 0.0700. The van der Waals surface area contributed by atoms with Crippen molar-refractivity contribution in [2.45, 2.75) is 0 Å². The lowest BCUT2D eigenvalue weighted by atomic mass is 11.3. The maximum Gasteiger partial charge on any atom is 0.208 e. The van der Waals surface area contributed by atoms with Crippen LogP contribution in [0.5, 0.6) is 0 Å². The molecule has 0 aliphatic carbocycles. The van der Waals surface area contributed by atoms with Crippen LogP contribution in [0.25, 0.3) is 0 Å². The molecule has 1 N–H and O–H groups in total. The van der Waals surface area contributed by atoms with Crippen molar-refractivity contribution in [2.24, 2.45) is 0 Å². The number of nitrogens with zero attached hydrogens (tertiary/aromatic N) is 1. The Bertz CT molecular complexity index is 201. The van der Waals surface area contributed by atoms with Gasteiger partial charge in [-0.25, -0.2) is 0 Å². The summed E-state index contributed by atoms with van der Waals surface area (Å²) >= 11 is 11.2. The van der Waals surface area contributed by atoms with Crippen molar-refractivity contribution in [2.75, 3.05) is 0 Å². The van der Waals surface area contributed by atoms with Crippen LogP contribution in [-0.4, -0.2) is 9.36 Å². The molecule has 7 heavy (non-hydrogen) atoms. The molecule has 0 aliphatic heterocycles. The van der Waals surface area contributed by atoms with E-state index in [1.54, 1.807) is 0 Å². The van der Waals surface area contributed by atoms with Gasteiger partial charge >= 0.3 is 0 Å². The van der Waals surface area contributed by atoms with Crippen molar-refractivity contribution in [1.82, 2.24) is 9.36 Å². The highest BCUT2D eigenvalue weighted by atomic mass is 35.5. The summed E-state index contributed by atoms with van der Waals surface area (Å²) in [5.74, 6) is 0. The van der Waals surface area contributed by atoms with Gasteiger partial charge in [-0.05, 0) is 35.4 Å². The van der Waals surface area contributed by atoms with Crippen LogP contribution in [0.1, 0.15) is 0 Å². The number of hydrogen-bond donors (Lipinski definition) is 1. The Morgan fingerprint density at radius 3 is 2.71 bits per heavy atom. The summed E-state index contributed by atoms with van der Waals surface area (Å²) in [6, 6.07) is 0. The summed E-state index contributed by atoms with van der Waals surface area (Å²) in [5, 5.41) is 0. The third-order valence-corrected chi connectivity index (χ3v) is 1.61. The number of halogens is 1. The molecular weight excluding hydrogens is 152 g/mol. The molecule has 5 heteroatoms. The Balaban J connectivity index is 3.30. The number of H-pyrrole nitrogens is 1. The maximum absolute atomic E-state index is 5.37. The molecule has 0 saturated carbocycles. The molecule has 0 bridgehead atoms. The second-order valence-corrected chi connectivity index (χ2v) is 2.64. The molecule has 1 aromatic heterocycles.